The number of hydrogen-bond acceptors (Lipinski definition) is 8. The Morgan fingerprint density at radius 3 is 2.67 bits per heavy atom. The van der Waals surface area contributed by atoms with E-state index in [1.54, 1.807) is 12.0 Å². The van der Waals surface area contributed by atoms with Crippen LogP contribution in [0.1, 0.15) is 16.7 Å². The van der Waals surface area contributed by atoms with Gasteiger partial charge < -0.3 is 18.8 Å². The molecular weight excluding hydrogens is 527 g/mol. The van der Waals surface area contributed by atoms with Crippen molar-refractivity contribution >= 4 is 33.2 Å². The molecule has 2 heterocycles. The fourth-order valence-electron chi connectivity index (χ4n) is 4.47. The van der Waals surface area contributed by atoms with Crippen molar-refractivity contribution < 1.29 is 31.5 Å². The van der Waals surface area contributed by atoms with Crippen LogP contribution in [0, 0.1) is 5.82 Å². The Balaban J connectivity index is 1.56. The molecular formula is C27H27FN4O6S. The first-order valence-electron chi connectivity index (χ1n) is 12.1. The second kappa shape index (κ2) is 10.5. The average Bonchev–Trinajstić information content (AvgIpc) is 3.34. The van der Waals surface area contributed by atoms with Crippen molar-refractivity contribution in [1.29, 1.82) is 0 Å². The van der Waals surface area contributed by atoms with Gasteiger partial charge in [0.15, 0.2) is 5.58 Å². The predicted molar refractivity (Wildman–Crippen MR) is 142 cm³/mol. The number of carbonyl (C=O) groups is 1. The number of hydrogen-bond donors (Lipinski definition) is 1. The number of para-hydroxylation sites is 1. The fourth-order valence-corrected chi connectivity index (χ4v) is 5.04. The molecule has 1 aromatic heterocycles. The smallest absolute Gasteiger partial charge is 0.303 e. The summed E-state index contributed by atoms with van der Waals surface area (Å²) in [6, 6.07) is 16.0. The number of rotatable bonds is 8. The van der Waals surface area contributed by atoms with Gasteiger partial charge >= 0.3 is 10.2 Å². The van der Waals surface area contributed by atoms with Gasteiger partial charge in [0.1, 0.15) is 35.5 Å². The van der Waals surface area contributed by atoms with E-state index in [9.17, 15) is 17.6 Å². The number of amides is 1. The van der Waals surface area contributed by atoms with Crippen molar-refractivity contribution in [3.05, 3.63) is 83.2 Å². The molecule has 1 amide bonds. The van der Waals surface area contributed by atoms with Crippen molar-refractivity contribution in [1.82, 2.24) is 14.0 Å². The molecule has 0 aliphatic carbocycles. The molecule has 10 nitrogen and oxygen atoms in total. The summed E-state index contributed by atoms with van der Waals surface area (Å²) in [5.41, 5.74) is 3.01. The van der Waals surface area contributed by atoms with Gasteiger partial charge in [0.25, 0.3) is 11.9 Å². The van der Waals surface area contributed by atoms with E-state index in [0.717, 1.165) is 21.0 Å². The highest BCUT2D eigenvalue weighted by Gasteiger charge is 2.38. The minimum Gasteiger partial charge on any atom is -0.496 e. The lowest BCUT2D eigenvalue weighted by atomic mass is 9.89. The topological polar surface area (TPSA) is 114 Å². The number of oxazole rings is 1. The molecule has 1 aliphatic rings. The first-order chi connectivity index (χ1) is 18.7. The number of methoxy groups -OCH3 is 1. The van der Waals surface area contributed by atoms with Gasteiger partial charge in [0.05, 0.1) is 7.11 Å². The molecule has 5 rings (SSSR count). The zero-order chi connectivity index (χ0) is 27.7. The number of carbonyl (C=O) groups excluding carboxylic acids is 1. The second-order valence-corrected chi connectivity index (χ2v) is 11.1. The van der Waals surface area contributed by atoms with Crippen LogP contribution in [-0.4, -0.2) is 50.9 Å². The summed E-state index contributed by atoms with van der Waals surface area (Å²) < 4.78 is 59.4. The number of ether oxygens (including phenoxy) is 2. The van der Waals surface area contributed by atoms with E-state index >= 15 is 0 Å². The summed E-state index contributed by atoms with van der Waals surface area (Å²) in [5.74, 6) is -0.00791. The van der Waals surface area contributed by atoms with Crippen molar-refractivity contribution in [2.24, 2.45) is 0 Å². The van der Waals surface area contributed by atoms with E-state index in [4.69, 9.17) is 13.9 Å². The molecule has 4 aromatic rings. The summed E-state index contributed by atoms with van der Waals surface area (Å²) in [4.78, 5) is 19.5. The van der Waals surface area contributed by atoms with Gasteiger partial charge in [-0.3, -0.25) is 4.79 Å². The van der Waals surface area contributed by atoms with Gasteiger partial charge in [-0.15, -0.1) is 0 Å². The monoisotopic (exact) mass is 554 g/mol. The molecule has 0 unspecified atom stereocenters. The van der Waals surface area contributed by atoms with Crippen molar-refractivity contribution in [3.63, 3.8) is 0 Å². The van der Waals surface area contributed by atoms with Gasteiger partial charge in [-0.1, -0.05) is 24.3 Å². The minimum atomic E-state index is -4.07. The maximum atomic E-state index is 13.8. The number of benzene rings is 3. The van der Waals surface area contributed by atoms with E-state index in [0.29, 0.717) is 17.0 Å². The number of fused-ring (bicyclic) bond motifs is 2. The Kier molecular flexibility index (Phi) is 7.15. The van der Waals surface area contributed by atoms with Crippen LogP contribution < -0.4 is 19.1 Å². The van der Waals surface area contributed by atoms with Crippen LogP contribution in [-0.2, 0) is 34.6 Å². The van der Waals surface area contributed by atoms with E-state index in [1.807, 2.05) is 42.5 Å². The Morgan fingerprint density at radius 2 is 1.95 bits per heavy atom. The molecule has 0 spiro atoms. The molecule has 1 N–H and O–H groups in total. The molecule has 0 saturated carbocycles. The van der Waals surface area contributed by atoms with Crippen LogP contribution in [0.4, 0.5) is 10.4 Å². The fraction of sp³-hybridized carbons (Fsp3) is 0.259. The summed E-state index contributed by atoms with van der Waals surface area (Å²) in [5, 5.41) is 0. The largest absolute Gasteiger partial charge is 0.496 e. The van der Waals surface area contributed by atoms with Crippen molar-refractivity contribution in [3.8, 4) is 11.5 Å². The van der Waals surface area contributed by atoms with Crippen LogP contribution in [0.25, 0.3) is 11.1 Å². The predicted octanol–water partition coefficient (Wildman–Crippen LogP) is 3.41. The number of nitrogens with one attached hydrogen (secondary N) is 1. The summed E-state index contributed by atoms with van der Waals surface area (Å²) in [7, 11) is 0.122. The van der Waals surface area contributed by atoms with E-state index in [1.165, 1.54) is 32.3 Å². The Hall–Kier alpha value is -4.16. The number of anilines is 1. The highest BCUT2D eigenvalue weighted by molar-refractivity contribution is 7.87. The van der Waals surface area contributed by atoms with Gasteiger partial charge in [-0.05, 0) is 41.5 Å². The molecule has 3 aromatic carbocycles. The highest BCUT2D eigenvalue weighted by atomic mass is 32.2. The number of halogens is 1. The maximum absolute atomic E-state index is 13.8. The summed E-state index contributed by atoms with van der Waals surface area (Å²) in [6.45, 7) is 0.343. The molecule has 0 fully saturated rings. The number of aromatic nitrogens is 1. The second-order valence-electron chi connectivity index (χ2n) is 9.20. The third-order valence-corrected chi connectivity index (χ3v) is 7.96. The molecule has 0 radical (unpaired) electrons. The third kappa shape index (κ3) is 5.38. The van der Waals surface area contributed by atoms with Crippen LogP contribution >= 0.6 is 0 Å². The number of nitrogens with zero attached hydrogens (tertiary/aromatic N) is 3. The molecule has 1 atom stereocenters. The Morgan fingerprint density at radius 1 is 1.18 bits per heavy atom. The summed E-state index contributed by atoms with van der Waals surface area (Å²) >= 11 is 0. The minimum absolute atomic E-state index is 0.0709. The van der Waals surface area contributed by atoms with Crippen LogP contribution in [0.5, 0.6) is 11.5 Å². The standard InChI is InChI=1S/C27H27FN4O6S/c1-31(2)39(34,35)30-26(33)23-14-20-17(15-32(23)27-29-22-11-10-18(28)13-25(22)38-27)9-12-24(36-3)21(20)16-37-19-7-5-4-6-8-19/h4-13,23H,14-16H2,1-3H3,(H,30,33)/t23-/m0/s1. The first kappa shape index (κ1) is 26.4. The maximum Gasteiger partial charge on any atom is 0.303 e. The lowest BCUT2D eigenvalue weighted by Gasteiger charge is -2.36. The SMILES string of the molecule is COc1ccc2c(c1COc1ccccc1)C[C@@H](C(=O)NS(=O)(=O)N(C)C)N(c1nc3ccc(F)cc3o1)C2. The molecule has 1 aliphatic heterocycles. The van der Waals surface area contributed by atoms with Crippen LogP contribution in [0.15, 0.2) is 65.1 Å². The molecule has 12 heteroatoms. The Bertz CT molecular complexity index is 1620. The first-order valence-corrected chi connectivity index (χ1v) is 13.5. The van der Waals surface area contributed by atoms with Gasteiger partial charge in [0, 0.05) is 38.7 Å². The van der Waals surface area contributed by atoms with E-state index in [-0.39, 0.29) is 31.2 Å². The van der Waals surface area contributed by atoms with Crippen LogP contribution in [0.2, 0.25) is 0 Å². The lowest BCUT2D eigenvalue weighted by molar-refractivity contribution is -0.120. The molecule has 204 valence electrons. The molecule has 0 saturated heterocycles. The zero-order valence-electron chi connectivity index (χ0n) is 21.5. The lowest BCUT2D eigenvalue weighted by Crippen LogP contribution is -2.53. The zero-order valence-corrected chi connectivity index (χ0v) is 22.4. The average molecular weight is 555 g/mol. The normalized spacial score (nSPS) is 15.3. The van der Waals surface area contributed by atoms with Gasteiger partial charge in [0.2, 0.25) is 0 Å². The quantitative estimate of drug-likeness (QED) is 0.353. The Labute approximate surface area is 225 Å². The van der Waals surface area contributed by atoms with E-state index < -0.39 is 28.0 Å². The van der Waals surface area contributed by atoms with Crippen molar-refractivity contribution in [2.75, 3.05) is 26.1 Å². The molecule has 0 bridgehead atoms. The van der Waals surface area contributed by atoms with Gasteiger partial charge in [-0.25, -0.2) is 9.11 Å². The summed E-state index contributed by atoms with van der Waals surface area (Å²) in [6.07, 6.45) is 0.113. The highest BCUT2D eigenvalue weighted by Crippen LogP contribution is 2.36. The van der Waals surface area contributed by atoms with Crippen LogP contribution in [0.3, 0.4) is 0 Å². The third-order valence-electron chi connectivity index (χ3n) is 6.54. The molecule has 39 heavy (non-hydrogen) atoms. The van der Waals surface area contributed by atoms with Gasteiger partial charge in [-0.2, -0.15) is 17.7 Å². The van der Waals surface area contributed by atoms with E-state index in [2.05, 4.69) is 9.71 Å². The van der Waals surface area contributed by atoms with Crippen molar-refractivity contribution in [2.45, 2.75) is 25.6 Å².